The van der Waals surface area contributed by atoms with E-state index in [2.05, 4.69) is 23.7 Å². The van der Waals surface area contributed by atoms with Crippen molar-refractivity contribution < 1.29 is 9.90 Å². The molecule has 0 atom stereocenters. The Balaban J connectivity index is 2.18. The fourth-order valence-electron chi connectivity index (χ4n) is 3.24. The maximum Gasteiger partial charge on any atom is 0.339 e. The molecule has 1 fully saturated rings. The fourth-order valence-corrected chi connectivity index (χ4v) is 3.24. The number of rotatable bonds is 2. The molecule has 0 radical (unpaired) electrons. The van der Waals surface area contributed by atoms with E-state index in [9.17, 15) is 9.90 Å². The van der Waals surface area contributed by atoms with E-state index < -0.39 is 5.97 Å². The first-order valence-corrected chi connectivity index (χ1v) is 7.34. The number of carbonyl (C=O) groups is 1. The van der Waals surface area contributed by atoms with Crippen molar-refractivity contribution in [3.8, 4) is 0 Å². The molecule has 1 aliphatic rings. The van der Waals surface area contributed by atoms with Gasteiger partial charge in [0.2, 0.25) is 0 Å². The zero-order valence-electron chi connectivity index (χ0n) is 12.5. The minimum Gasteiger partial charge on any atom is -0.478 e. The molecule has 0 bridgehead atoms. The minimum absolute atomic E-state index is 0.207. The average Bonchev–Trinajstić information content (AvgIpc) is 2.44. The van der Waals surface area contributed by atoms with Crippen LogP contribution >= 0.6 is 0 Å². The number of carboxylic acids is 1. The molecule has 1 N–H and O–H groups in total. The topological polar surface area (TPSA) is 53.4 Å². The van der Waals surface area contributed by atoms with Gasteiger partial charge in [0.1, 0.15) is 5.56 Å². The lowest BCUT2D eigenvalue weighted by Gasteiger charge is -2.40. The smallest absolute Gasteiger partial charge is 0.339 e. The van der Waals surface area contributed by atoms with Crippen LogP contribution in [0.1, 0.15) is 37.0 Å². The summed E-state index contributed by atoms with van der Waals surface area (Å²) in [5, 5.41) is 10.4. The molecule has 0 amide bonds. The standard InChI is InChI=1S/C17H20N2O2/c1-17(2)8-5-9-19(11-17)15-12-6-3-4-7-14(12)18-10-13(15)16(20)21/h3-4,6-7,10H,5,8-9,11H2,1-2H3,(H,20,21). The number of aromatic nitrogens is 1. The van der Waals surface area contributed by atoms with Gasteiger partial charge in [-0.1, -0.05) is 32.0 Å². The van der Waals surface area contributed by atoms with Crippen LogP contribution in [0.4, 0.5) is 5.69 Å². The molecule has 4 heteroatoms. The van der Waals surface area contributed by atoms with Gasteiger partial charge in [-0.25, -0.2) is 4.79 Å². The normalized spacial score (nSPS) is 17.9. The van der Waals surface area contributed by atoms with E-state index in [0.29, 0.717) is 5.56 Å². The van der Waals surface area contributed by atoms with Crippen molar-refractivity contribution in [2.45, 2.75) is 26.7 Å². The first kappa shape index (κ1) is 13.9. The number of piperidine rings is 1. The van der Waals surface area contributed by atoms with Crippen LogP contribution in [0.5, 0.6) is 0 Å². The number of nitrogens with zero attached hydrogens (tertiary/aromatic N) is 2. The van der Waals surface area contributed by atoms with Crippen molar-refractivity contribution in [2.75, 3.05) is 18.0 Å². The molecule has 2 heterocycles. The summed E-state index contributed by atoms with van der Waals surface area (Å²) in [4.78, 5) is 18.1. The monoisotopic (exact) mass is 284 g/mol. The van der Waals surface area contributed by atoms with Crippen molar-refractivity contribution in [3.63, 3.8) is 0 Å². The minimum atomic E-state index is -0.911. The number of hydrogen-bond donors (Lipinski definition) is 1. The highest BCUT2D eigenvalue weighted by Crippen LogP contribution is 2.36. The van der Waals surface area contributed by atoms with Gasteiger partial charge in [0.05, 0.1) is 11.2 Å². The highest BCUT2D eigenvalue weighted by molar-refractivity contribution is 6.04. The van der Waals surface area contributed by atoms with Crippen molar-refractivity contribution in [3.05, 3.63) is 36.0 Å². The average molecular weight is 284 g/mol. The Bertz CT molecular complexity index is 694. The van der Waals surface area contributed by atoms with E-state index in [-0.39, 0.29) is 5.41 Å². The number of anilines is 1. The summed E-state index contributed by atoms with van der Waals surface area (Å²) in [6.07, 6.45) is 3.75. The van der Waals surface area contributed by atoms with E-state index >= 15 is 0 Å². The first-order chi connectivity index (χ1) is 9.98. The molecule has 3 rings (SSSR count). The van der Waals surface area contributed by atoms with Crippen LogP contribution in [-0.4, -0.2) is 29.1 Å². The lowest BCUT2D eigenvalue weighted by Crippen LogP contribution is -2.40. The molecule has 1 saturated heterocycles. The Kier molecular flexibility index (Phi) is 3.32. The van der Waals surface area contributed by atoms with Crippen LogP contribution in [0.15, 0.2) is 30.5 Å². The number of benzene rings is 1. The van der Waals surface area contributed by atoms with E-state index in [1.54, 1.807) is 0 Å². The predicted octanol–water partition coefficient (Wildman–Crippen LogP) is 3.56. The van der Waals surface area contributed by atoms with Gasteiger partial charge in [0.25, 0.3) is 0 Å². The van der Waals surface area contributed by atoms with Crippen LogP contribution in [0.25, 0.3) is 10.9 Å². The van der Waals surface area contributed by atoms with Crippen LogP contribution in [0, 0.1) is 5.41 Å². The Labute approximate surface area is 124 Å². The summed E-state index contributed by atoms with van der Waals surface area (Å²) < 4.78 is 0. The summed E-state index contributed by atoms with van der Waals surface area (Å²) in [6, 6.07) is 7.76. The first-order valence-electron chi connectivity index (χ1n) is 7.34. The largest absolute Gasteiger partial charge is 0.478 e. The molecule has 0 aliphatic carbocycles. The summed E-state index contributed by atoms with van der Waals surface area (Å²) in [7, 11) is 0. The third kappa shape index (κ3) is 2.58. The van der Waals surface area contributed by atoms with Gasteiger partial charge in [-0.3, -0.25) is 4.98 Å². The molecule has 110 valence electrons. The molecule has 1 aromatic heterocycles. The second kappa shape index (κ2) is 5.02. The Morgan fingerprint density at radius 2 is 2.10 bits per heavy atom. The molecule has 4 nitrogen and oxygen atoms in total. The number of carboxylic acid groups (broad SMARTS) is 1. The SMILES string of the molecule is CC1(C)CCCN(c2c(C(=O)O)cnc3ccccc23)C1. The second-order valence-electron chi connectivity index (χ2n) is 6.53. The summed E-state index contributed by atoms with van der Waals surface area (Å²) >= 11 is 0. The molecule has 2 aromatic rings. The number of fused-ring (bicyclic) bond motifs is 1. The summed E-state index contributed by atoms with van der Waals surface area (Å²) in [5.41, 5.74) is 2.17. The molecular weight excluding hydrogens is 264 g/mol. The number of hydrogen-bond acceptors (Lipinski definition) is 3. The van der Waals surface area contributed by atoms with Crippen LogP contribution < -0.4 is 4.90 Å². The maximum atomic E-state index is 11.6. The summed E-state index contributed by atoms with van der Waals surface area (Å²) in [5.74, 6) is -0.911. The Hall–Kier alpha value is -2.10. The lowest BCUT2D eigenvalue weighted by atomic mass is 9.83. The number of aromatic carboxylic acids is 1. The Morgan fingerprint density at radius 3 is 2.81 bits per heavy atom. The maximum absolute atomic E-state index is 11.6. The number of para-hydroxylation sites is 1. The van der Waals surface area contributed by atoms with Crippen LogP contribution in [0.3, 0.4) is 0 Å². The van der Waals surface area contributed by atoms with Gasteiger partial charge >= 0.3 is 5.97 Å². The van der Waals surface area contributed by atoms with Crippen LogP contribution in [-0.2, 0) is 0 Å². The molecule has 1 aliphatic heterocycles. The van der Waals surface area contributed by atoms with Crippen molar-refractivity contribution in [2.24, 2.45) is 5.41 Å². The van der Waals surface area contributed by atoms with Gasteiger partial charge in [-0.15, -0.1) is 0 Å². The predicted molar refractivity (Wildman–Crippen MR) is 83.9 cm³/mol. The zero-order chi connectivity index (χ0) is 15.0. The molecule has 0 saturated carbocycles. The van der Waals surface area contributed by atoms with E-state index in [1.807, 2.05) is 24.3 Å². The van der Waals surface area contributed by atoms with Crippen molar-refractivity contribution in [1.29, 1.82) is 0 Å². The summed E-state index contributed by atoms with van der Waals surface area (Å²) in [6.45, 7) is 6.25. The van der Waals surface area contributed by atoms with Gasteiger partial charge in [-0.05, 0) is 24.3 Å². The lowest BCUT2D eigenvalue weighted by molar-refractivity contribution is 0.0697. The fraction of sp³-hybridized carbons (Fsp3) is 0.412. The van der Waals surface area contributed by atoms with Crippen molar-refractivity contribution >= 4 is 22.6 Å². The number of pyridine rings is 1. The van der Waals surface area contributed by atoms with E-state index in [0.717, 1.165) is 36.1 Å². The second-order valence-corrected chi connectivity index (χ2v) is 6.53. The molecular formula is C17H20N2O2. The molecule has 1 aromatic carbocycles. The van der Waals surface area contributed by atoms with Gasteiger partial charge in [0, 0.05) is 24.7 Å². The highest BCUT2D eigenvalue weighted by Gasteiger charge is 2.29. The highest BCUT2D eigenvalue weighted by atomic mass is 16.4. The zero-order valence-corrected chi connectivity index (χ0v) is 12.5. The van der Waals surface area contributed by atoms with Crippen molar-refractivity contribution in [1.82, 2.24) is 4.98 Å². The van der Waals surface area contributed by atoms with Gasteiger partial charge in [0.15, 0.2) is 0 Å². The third-order valence-electron chi connectivity index (χ3n) is 4.19. The third-order valence-corrected chi connectivity index (χ3v) is 4.19. The van der Waals surface area contributed by atoms with Crippen LogP contribution in [0.2, 0.25) is 0 Å². The molecule has 0 spiro atoms. The molecule has 21 heavy (non-hydrogen) atoms. The Morgan fingerprint density at radius 1 is 1.33 bits per heavy atom. The van der Waals surface area contributed by atoms with Gasteiger partial charge in [-0.2, -0.15) is 0 Å². The quantitative estimate of drug-likeness (QED) is 0.916. The van der Waals surface area contributed by atoms with Gasteiger partial charge < -0.3 is 10.0 Å². The molecule has 0 unspecified atom stereocenters. The van der Waals surface area contributed by atoms with E-state index in [4.69, 9.17) is 0 Å². The van der Waals surface area contributed by atoms with E-state index in [1.165, 1.54) is 12.6 Å².